The lowest BCUT2D eigenvalue weighted by molar-refractivity contribution is -0.119. The first-order chi connectivity index (χ1) is 13.2. The zero-order valence-corrected chi connectivity index (χ0v) is 16.2. The predicted octanol–water partition coefficient (Wildman–Crippen LogP) is 5.69. The van der Waals surface area contributed by atoms with E-state index in [2.05, 4.69) is 72.6 Å². The number of fused-ring (bicyclic) bond motifs is 1. The molecule has 2 aromatic carbocycles. The largest absolute Gasteiger partial charge is 0.369 e. The highest BCUT2D eigenvalue weighted by atomic mass is 16.1. The number of rotatable bonds is 4. The molecule has 4 rings (SSSR count). The number of hydrogen-bond donors (Lipinski definition) is 0. The summed E-state index contributed by atoms with van der Waals surface area (Å²) in [6.07, 6.45) is 9.73. The Hall–Kier alpha value is -2.35. The van der Waals surface area contributed by atoms with Crippen molar-refractivity contribution in [3.05, 3.63) is 83.6 Å². The zero-order valence-electron chi connectivity index (χ0n) is 16.2. The van der Waals surface area contributed by atoms with Crippen molar-refractivity contribution in [1.29, 1.82) is 0 Å². The van der Waals surface area contributed by atoms with E-state index in [1.807, 2.05) is 6.08 Å². The smallest absolute Gasteiger partial charge is 0.160 e. The van der Waals surface area contributed by atoms with Gasteiger partial charge in [0, 0.05) is 30.6 Å². The molecule has 2 aliphatic rings. The third-order valence-electron chi connectivity index (χ3n) is 6.35. The van der Waals surface area contributed by atoms with Gasteiger partial charge in [0.1, 0.15) is 0 Å². The van der Waals surface area contributed by atoms with Crippen LogP contribution in [0.2, 0.25) is 0 Å². The summed E-state index contributed by atoms with van der Waals surface area (Å²) in [5, 5.41) is 0. The highest BCUT2D eigenvalue weighted by Gasteiger charge is 2.31. The second kappa shape index (κ2) is 8.12. The van der Waals surface area contributed by atoms with E-state index in [1.165, 1.54) is 36.0 Å². The third kappa shape index (κ3) is 3.85. The molecule has 1 fully saturated rings. The molecule has 0 bridgehead atoms. The van der Waals surface area contributed by atoms with Crippen LogP contribution in [0.1, 0.15) is 61.6 Å². The highest BCUT2D eigenvalue weighted by Crippen LogP contribution is 2.38. The van der Waals surface area contributed by atoms with E-state index in [4.69, 9.17) is 0 Å². The number of ketones is 1. The summed E-state index contributed by atoms with van der Waals surface area (Å²) in [7, 11) is 0. The summed E-state index contributed by atoms with van der Waals surface area (Å²) in [5.74, 6) is 0.884. The molecule has 0 N–H and O–H groups in total. The van der Waals surface area contributed by atoms with Crippen LogP contribution in [-0.2, 0) is 11.3 Å². The van der Waals surface area contributed by atoms with Crippen LogP contribution in [0, 0.1) is 5.92 Å². The summed E-state index contributed by atoms with van der Waals surface area (Å²) in [6.45, 7) is 3.15. The van der Waals surface area contributed by atoms with Crippen LogP contribution in [0.3, 0.4) is 0 Å². The number of carbonyl (C=O) groups is 1. The molecule has 140 valence electrons. The molecule has 0 radical (unpaired) electrons. The van der Waals surface area contributed by atoms with Crippen molar-refractivity contribution >= 4 is 5.78 Å². The van der Waals surface area contributed by atoms with Crippen LogP contribution in [0.4, 0.5) is 0 Å². The van der Waals surface area contributed by atoms with Gasteiger partial charge in [0.05, 0.1) is 0 Å². The first kappa shape index (κ1) is 18.0. The van der Waals surface area contributed by atoms with Crippen molar-refractivity contribution in [2.45, 2.75) is 57.5 Å². The van der Waals surface area contributed by atoms with E-state index in [9.17, 15) is 4.79 Å². The van der Waals surface area contributed by atoms with Gasteiger partial charge in [-0.15, -0.1) is 0 Å². The maximum atomic E-state index is 12.6. The fraction of sp³-hybridized carbons (Fsp3) is 0.400. The van der Waals surface area contributed by atoms with E-state index in [0.29, 0.717) is 17.7 Å². The molecular weight excluding hydrogens is 330 g/mol. The highest BCUT2D eigenvalue weighted by molar-refractivity contribution is 5.91. The van der Waals surface area contributed by atoms with Gasteiger partial charge < -0.3 is 4.90 Å². The van der Waals surface area contributed by atoms with Crippen LogP contribution < -0.4 is 0 Å². The Morgan fingerprint density at radius 1 is 0.963 bits per heavy atom. The Balaban J connectivity index is 1.59. The van der Waals surface area contributed by atoms with E-state index in [-0.39, 0.29) is 5.92 Å². The minimum Gasteiger partial charge on any atom is -0.369 e. The van der Waals surface area contributed by atoms with Crippen LogP contribution >= 0.6 is 0 Å². The molecule has 1 aliphatic heterocycles. The van der Waals surface area contributed by atoms with E-state index >= 15 is 0 Å². The number of allylic oxidation sites excluding steroid dienone is 1. The third-order valence-corrected chi connectivity index (χ3v) is 6.35. The minimum atomic E-state index is 0.243. The molecule has 2 heteroatoms. The van der Waals surface area contributed by atoms with Gasteiger partial charge in [0.25, 0.3) is 0 Å². The Morgan fingerprint density at radius 3 is 2.44 bits per heavy atom. The maximum absolute atomic E-state index is 12.6. The van der Waals surface area contributed by atoms with E-state index in [1.54, 1.807) is 0 Å². The number of carbonyl (C=O) groups excluding carboxylic acids is 1. The van der Waals surface area contributed by atoms with E-state index < -0.39 is 0 Å². The summed E-state index contributed by atoms with van der Waals surface area (Å²) in [5.41, 5.74) is 4.12. The molecule has 2 unspecified atom stereocenters. The molecule has 2 nitrogen and oxygen atoms in total. The Bertz CT molecular complexity index is 804. The lowest BCUT2D eigenvalue weighted by Crippen LogP contribution is -2.38. The Labute approximate surface area is 162 Å². The topological polar surface area (TPSA) is 20.3 Å². The maximum Gasteiger partial charge on any atom is 0.160 e. The van der Waals surface area contributed by atoms with Crippen LogP contribution in [0.15, 0.2) is 66.9 Å². The first-order valence-electron chi connectivity index (χ1n) is 10.3. The van der Waals surface area contributed by atoms with Crippen molar-refractivity contribution in [2.24, 2.45) is 5.92 Å². The van der Waals surface area contributed by atoms with Gasteiger partial charge in [-0.2, -0.15) is 0 Å². The van der Waals surface area contributed by atoms with Crippen molar-refractivity contribution < 1.29 is 4.79 Å². The molecule has 2 atom stereocenters. The monoisotopic (exact) mass is 359 g/mol. The summed E-state index contributed by atoms with van der Waals surface area (Å²) in [6, 6.07) is 19.8. The molecule has 1 aliphatic carbocycles. The van der Waals surface area contributed by atoms with Gasteiger partial charge in [-0.3, -0.25) is 4.79 Å². The molecule has 2 aromatic rings. The summed E-state index contributed by atoms with van der Waals surface area (Å²) >= 11 is 0. The molecule has 0 spiro atoms. The number of benzene rings is 2. The predicted molar refractivity (Wildman–Crippen MR) is 110 cm³/mol. The fourth-order valence-electron chi connectivity index (χ4n) is 4.77. The van der Waals surface area contributed by atoms with Crippen molar-refractivity contribution in [3.63, 3.8) is 0 Å². The average Bonchev–Trinajstić information content (AvgIpc) is 2.73. The second-order valence-corrected chi connectivity index (χ2v) is 8.05. The van der Waals surface area contributed by atoms with E-state index in [0.717, 1.165) is 19.4 Å². The molecule has 1 heterocycles. The molecular formula is C25H29NO. The molecule has 0 amide bonds. The van der Waals surface area contributed by atoms with Gasteiger partial charge in [0.15, 0.2) is 5.78 Å². The number of nitrogens with zero attached hydrogens (tertiary/aromatic N) is 1. The van der Waals surface area contributed by atoms with Crippen LogP contribution in [0.5, 0.6) is 0 Å². The van der Waals surface area contributed by atoms with Gasteiger partial charge in [-0.25, -0.2) is 0 Å². The molecule has 0 saturated heterocycles. The normalized spacial score (nSPS) is 23.4. The second-order valence-electron chi connectivity index (χ2n) is 8.05. The lowest BCUT2D eigenvalue weighted by atomic mass is 9.79. The van der Waals surface area contributed by atoms with Crippen LogP contribution in [0.25, 0.3) is 0 Å². The molecule has 1 saturated carbocycles. The zero-order chi connectivity index (χ0) is 18.6. The molecule has 27 heavy (non-hydrogen) atoms. The van der Waals surface area contributed by atoms with Crippen molar-refractivity contribution in [3.8, 4) is 0 Å². The lowest BCUT2D eigenvalue weighted by Gasteiger charge is -2.40. The van der Waals surface area contributed by atoms with Gasteiger partial charge in [0.2, 0.25) is 0 Å². The fourth-order valence-corrected chi connectivity index (χ4v) is 4.77. The van der Waals surface area contributed by atoms with Crippen molar-refractivity contribution in [2.75, 3.05) is 0 Å². The van der Waals surface area contributed by atoms with Gasteiger partial charge in [-0.05, 0) is 42.5 Å². The Kier molecular flexibility index (Phi) is 5.42. The van der Waals surface area contributed by atoms with Crippen LogP contribution in [-0.4, -0.2) is 16.7 Å². The SMILES string of the molecule is CC1C(c2ccccc2)c2ccccc2CN1/C=C/C(=O)C1CCCCC1. The number of hydrogen-bond acceptors (Lipinski definition) is 2. The minimum absolute atomic E-state index is 0.243. The quantitative estimate of drug-likeness (QED) is 0.654. The van der Waals surface area contributed by atoms with Gasteiger partial charge in [-0.1, -0.05) is 73.9 Å². The first-order valence-corrected chi connectivity index (χ1v) is 10.3. The summed E-state index contributed by atoms with van der Waals surface area (Å²) < 4.78 is 0. The average molecular weight is 360 g/mol. The molecule has 0 aromatic heterocycles. The van der Waals surface area contributed by atoms with Crippen molar-refractivity contribution in [1.82, 2.24) is 4.90 Å². The Morgan fingerprint density at radius 2 is 1.67 bits per heavy atom. The van der Waals surface area contributed by atoms with Gasteiger partial charge >= 0.3 is 0 Å². The standard InChI is InChI=1S/C25H29NO/c1-19-25(21-12-6-3-7-13-21)23-15-9-8-14-22(23)18-26(19)17-16-24(27)20-10-4-2-5-11-20/h3,6-9,12-17,19-20,25H,2,4-5,10-11,18H2,1H3/b17-16+. The summed E-state index contributed by atoms with van der Waals surface area (Å²) in [4.78, 5) is 15.0.